The van der Waals surface area contributed by atoms with Gasteiger partial charge < -0.3 is 5.73 Å². The lowest BCUT2D eigenvalue weighted by atomic mass is 10.0. The Hall–Kier alpha value is -0.680. The Morgan fingerprint density at radius 2 is 2.17 bits per heavy atom. The number of nitrogens with zero attached hydrogens (tertiary/aromatic N) is 1. The standard InChI is InChI=1S/C14H18N2S2/c1-10-3-6-18-14(10)12(8-15)16-5-2-13-11(9-16)4-7-17-13/h3-4,6-7,12H,2,5,8-9,15H2,1H3. The number of fused-ring (bicyclic) bond motifs is 1. The first-order valence-electron chi connectivity index (χ1n) is 6.33. The number of nitrogens with two attached hydrogens (primary N) is 1. The summed E-state index contributed by atoms with van der Waals surface area (Å²) in [5.74, 6) is 0. The summed E-state index contributed by atoms with van der Waals surface area (Å²) in [7, 11) is 0. The Morgan fingerprint density at radius 3 is 2.89 bits per heavy atom. The molecule has 3 heterocycles. The van der Waals surface area contributed by atoms with Gasteiger partial charge in [-0.2, -0.15) is 0 Å². The number of thiophene rings is 2. The maximum absolute atomic E-state index is 6.03. The summed E-state index contributed by atoms with van der Waals surface area (Å²) < 4.78 is 0. The molecular formula is C14H18N2S2. The van der Waals surface area contributed by atoms with E-state index in [2.05, 4.69) is 34.7 Å². The van der Waals surface area contributed by atoms with Crippen molar-refractivity contribution in [2.24, 2.45) is 5.73 Å². The molecule has 96 valence electrons. The quantitative estimate of drug-likeness (QED) is 0.934. The van der Waals surface area contributed by atoms with E-state index in [1.165, 1.54) is 22.4 Å². The smallest absolute Gasteiger partial charge is 0.0570 e. The Balaban J connectivity index is 1.84. The zero-order valence-corrected chi connectivity index (χ0v) is 12.2. The van der Waals surface area contributed by atoms with Crippen LogP contribution >= 0.6 is 22.7 Å². The molecule has 0 aromatic carbocycles. The second kappa shape index (κ2) is 5.13. The molecule has 18 heavy (non-hydrogen) atoms. The van der Waals surface area contributed by atoms with E-state index in [1.807, 2.05) is 22.7 Å². The second-order valence-corrected chi connectivity index (χ2v) is 6.76. The third-order valence-electron chi connectivity index (χ3n) is 3.71. The first kappa shape index (κ1) is 12.4. The molecule has 0 saturated carbocycles. The van der Waals surface area contributed by atoms with Crippen molar-refractivity contribution < 1.29 is 0 Å². The van der Waals surface area contributed by atoms with Gasteiger partial charge in [0.05, 0.1) is 6.04 Å². The molecule has 2 aromatic heterocycles. The van der Waals surface area contributed by atoms with Crippen molar-refractivity contribution >= 4 is 22.7 Å². The van der Waals surface area contributed by atoms with Crippen LogP contribution < -0.4 is 5.73 Å². The van der Waals surface area contributed by atoms with E-state index in [0.717, 1.165) is 13.1 Å². The predicted octanol–water partition coefficient (Wildman–Crippen LogP) is 3.18. The molecule has 0 radical (unpaired) electrons. The molecule has 0 amide bonds. The van der Waals surface area contributed by atoms with Crippen LogP contribution in [0.15, 0.2) is 22.9 Å². The molecule has 1 atom stereocenters. The van der Waals surface area contributed by atoms with Gasteiger partial charge in [0.25, 0.3) is 0 Å². The third-order valence-corrected chi connectivity index (χ3v) is 5.85. The van der Waals surface area contributed by atoms with E-state index in [1.54, 1.807) is 4.88 Å². The normalized spacial score (nSPS) is 17.7. The van der Waals surface area contributed by atoms with Crippen LogP contribution in [0.4, 0.5) is 0 Å². The molecule has 1 aliphatic heterocycles. The van der Waals surface area contributed by atoms with E-state index < -0.39 is 0 Å². The van der Waals surface area contributed by atoms with E-state index in [9.17, 15) is 0 Å². The average Bonchev–Trinajstić information content (AvgIpc) is 2.99. The van der Waals surface area contributed by atoms with Crippen LogP contribution in [0.2, 0.25) is 0 Å². The summed E-state index contributed by atoms with van der Waals surface area (Å²) in [5.41, 5.74) is 8.91. The van der Waals surface area contributed by atoms with Gasteiger partial charge in [0, 0.05) is 29.4 Å². The van der Waals surface area contributed by atoms with Crippen LogP contribution in [0.1, 0.15) is 26.9 Å². The molecule has 0 fully saturated rings. The summed E-state index contributed by atoms with van der Waals surface area (Å²) >= 11 is 3.73. The van der Waals surface area contributed by atoms with Crippen molar-refractivity contribution in [2.45, 2.75) is 25.9 Å². The summed E-state index contributed by atoms with van der Waals surface area (Å²) in [6, 6.07) is 4.85. The monoisotopic (exact) mass is 278 g/mol. The van der Waals surface area contributed by atoms with Gasteiger partial charge in [-0.25, -0.2) is 0 Å². The van der Waals surface area contributed by atoms with Crippen molar-refractivity contribution in [3.63, 3.8) is 0 Å². The minimum atomic E-state index is 0.387. The lowest BCUT2D eigenvalue weighted by molar-refractivity contribution is 0.187. The van der Waals surface area contributed by atoms with Gasteiger partial charge in [-0.3, -0.25) is 4.90 Å². The van der Waals surface area contributed by atoms with Crippen molar-refractivity contribution in [3.8, 4) is 0 Å². The summed E-state index contributed by atoms with van der Waals surface area (Å²) in [6.45, 7) is 5.08. The van der Waals surface area contributed by atoms with Crippen molar-refractivity contribution in [3.05, 3.63) is 43.8 Å². The summed E-state index contributed by atoms with van der Waals surface area (Å²) in [4.78, 5) is 5.54. The zero-order chi connectivity index (χ0) is 12.5. The number of rotatable bonds is 3. The molecule has 1 unspecified atom stereocenters. The van der Waals surface area contributed by atoms with Gasteiger partial charge in [-0.15, -0.1) is 22.7 Å². The van der Waals surface area contributed by atoms with Crippen LogP contribution in [0.5, 0.6) is 0 Å². The third kappa shape index (κ3) is 2.14. The van der Waals surface area contributed by atoms with E-state index in [4.69, 9.17) is 5.73 Å². The van der Waals surface area contributed by atoms with Crippen LogP contribution in [0, 0.1) is 6.92 Å². The zero-order valence-electron chi connectivity index (χ0n) is 10.6. The molecule has 0 aliphatic carbocycles. The topological polar surface area (TPSA) is 29.3 Å². The lowest BCUT2D eigenvalue weighted by Crippen LogP contribution is -2.37. The molecule has 0 bridgehead atoms. The molecule has 3 rings (SSSR count). The largest absolute Gasteiger partial charge is 0.329 e. The average molecular weight is 278 g/mol. The number of hydrogen-bond acceptors (Lipinski definition) is 4. The van der Waals surface area contributed by atoms with Crippen LogP contribution in [-0.2, 0) is 13.0 Å². The molecule has 2 nitrogen and oxygen atoms in total. The highest BCUT2D eigenvalue weighted by molar-refractivity contribution is 7.10. The Morgan fingerprint density at radius 1 is 1.33 bits per heavy atom. The van der Waals surface area contributed by atoms with Gasteiger partial charge in [-0.1, -0.05) is 0 Å². The van der Waals surface area contributed by atoms with Crippen LogP contribution in [0.3, 0.4) is 0 Å². The molecule has 1 aliphatic rings. The molecule has 4 heteroatoms. The first-order valence-corrected chi connectivity index (χ1v) is 8.09. The second-order valence-electron chi connectivity index (χ2n) is 4.81. The first-order chi connectivity index (χ1) is 8.79. The highest BCUT2D eigenvalue weighted by Gasteiger charge is 2.25. The summed E-state index contributed by atoms with van der Waals surface area (Å²) in [5, 5.41) is 4.38. The van der Waals surface area contributed by atoms with Gasteiger partial charge in [0.1, 0.15) is 0 Å². The SMILES string of the molecule is Cc1ccsc1C(CN)N1CCc2sccc2C1. The Labute approximate surface area is 116 Å². The van der Waals surface area contributed by atoms with E-state index in [-0.39, 0.29) is 0 Å². The van der Waals surface area contributed by atoms with Gasteiger partial charge in [0.15, 0.2) is 0 Å². The highest BCUT2D eigenvalue weighted by Crippen LogP contribution is 2.33. The van der Waals surface area contributed by atoms with Crippen molar-refractivity contribution in [2.75, 3.05) is 13.1 Å². The molecule has 0 saturated heterocycles. The fourth-order valence-corrected chi connectivity index (χ4v) is 4.65. The Bertz CT molecular complexity index is 529. The van der Waals surface area contributed by atoms with Gasteiger partial charge >= 0.3 is 0 Å². The molecule has 2 N–H and O–H groups in total. The maximum Gasteiger partial charge on any atom is 0.0570 e. The minimum absolute atomic E-state index is 0.387. The highest BCUT2D eigenvalue weighted by atomic mass is 32.1. The minimum Gasteiger partial charge on any atom is -0.329 e. The van der Waals surface area contributed by atoms with Crippen molar-refractivity contribution in [1.29, 1.82) is 0 Å². The van der Waals surface area contributed by atoms with E-state index >= 15 is 0 Å². The fourth-order valence-electron chi connectivity index (χ4n) is 2.68. The fraction of sp³-hybridized carbons (Fsp3) is 0.429. The molecular weight excluding hydrogens is 260 g/mol. The van der Waals surface area contributed by atoms with Gasteiger partial charge in [-0.05, 0) is 47.4 Å². The predicted molar refractivity (Wildman–Crippen MR) is 79.3 cm³/mol. The van der Waals surface area contributed by atoms with Crippen LogP contribution in [-0.4, -0.2) is 18.0 Å². The number of aryl methyl sites for hydroxylation is 1. The van der Waals surface area contributed by atoms with Crippen molar-refractivity contribution in [1.82, 2.24) is 4.90 Å². The summed E-state index contributed by atoms with van der Waals surface area (Å²) in [6.07, 6.45) is 1.17. The van der Waals surface area contributed by atoms with E-state index in [0.29, 0.717) is 12.6 Å². The molecule has 2 aromatic rings. The Kier molecular flexibility index (Phi) is 3.52. The maximum atomic E-state index is 6.03. The molecule has 0 spiro atoms. The van der Waals surface area contributed by atoms with Gasteiger partial charge in [0.2, 0.25) is 0 Å². The lowest BCUT2D eigenvalue weighted by Gasteiger charge is -2.33. The van der Waals surface area contributed by atoms with Crippen LogP contribution in [0.25, 0.3) is 0 Å². The number of hydrogen-bond donors (Lipinski definition) is 1.